The molecule has 1 aromatic rings. The summed E-state index contributed by atoms with van der Waals surface area (Å²) in [6.07, 6.45) is 1.62. The average molecular weight is 316 g/mol. The number of benzene rings is 1. The van der Waals surface area contributed by atoms with Crippen molar-refractivity contribution in [2.24, 2.45) is 5.92 Å². The molecular weight excluding hydrogens is 291 g/mol. The Morgan fingerprint density at radius 1 is 1.26 bits per heavy atom. The molecule has 5 heteroatoms. The van der Waals surface area contributed by atoms with Crippen molar-refractivity contribution < 1.29 is 19.2 Å². The van der Waals surface area contributed by atoms with Gasteiger partial charge >= 0.3 is 13.1 Å². The van der Waals surface area contributed by atoms with Crippen LogP contribution in [0.2, 0.25) is 0 Å². The summed E-state index contributed by atoms with van der Waals surface area (Å²) in [5.41, 5.74) is 2.57. The molecule has 23 heavy (non-hydrogen) atoms. The molecule has 1 aromatic carbocycles. The van der Waals surface area contributed by atoms with E-state index in [1.54, 1.807) is 0 Å². The van der Waals surface area contributed by atoms with Crippen molar-refractivity contribution in [1.82, 2.24) is 0 Å². The third-order valence-electron chi connectivity index (χ3n) is 5.59. The number of hydrogen-bond acceptors (Lipinski definition) is 3. The fraction of sp³-hybridized carbons (Fsp3) is 0.611. The number of carboxylic acid groups (broad SMARTS) is 1. The highest BCUT2D eigenvalue weighted by atomic mass is 16.7. The van der Waals surface area contributed by atoms with Crippen LogP contribution in [0.25, 0.3) is 0 Å². The number of carboxylic acids is 1. The van der Waals surface area contributed by atoms with Gasteiger partial charge in [-0.25, -0.2) is 0 Å². The van der Waals surface area contributed by atoms with E-state index in [1.165, 1.54) is 5.56 Å². The lowest BCUT2D eigenvalue weighted by atomic mass is 9.74. The van der Waals surface area contributed by atoms with Gasteiger partial charge in [-0.15, -0.1) is 0 Å². The molecule has 2 aliphatic rings. The lowest BCUT2D eigenvalue weighted by Crippen LogP contribution is -2.41. The molecule has 0 aromatic heterocycles. The van der Waals surface area contributed by atoms with Gasteiger partial charge in [0.2, 0.25) is 0 Å². The quantitative estimate of drug-likeness (QED) is 0.868. The fourth-order valence-electron chi connectivity index (χ4n) is 3.19. The van der Waals surface area contributed by atoms with E-state index in [2.05, 4.69) is 25.1 Å². The Kier molecular flexibility index (Phi) is 3.85. The van der Waals surface area contributed by atoms with Crippen molar-refractivity contribution in [3.05, 3.63) is 29.3 Å². The van der Waals surface area contributed by atoms with Crippen LogP contribution in [0, 0.1) is 5.92 Å². The number of aryl methyl sites for hydroxylation is 1. The molecule has 1 N–H and O–H groups in total. The van der Waals surface area contributed by atoms with E-state index in [0.29, 0.717) is 0 Å². The van der Waals surface area contributed by atoms with Gasteiger partial charge in [-0.05, 0) is 63.0 Å². The maximum absolute atomic E-state index is 11.1. The van der Waals surface area contributed by atoms with E-state index in [1.807, 2.05) is 27.7 Å². The molecule has 1 saturated heterocycles. The summed E-state index contributed by atoms with van der Waals surface area (Å²) in [4.78, 5) is 11.1. The minimum Gasteiger partial charge on any atom is -0.481 e. The molecule has 2 atom stereocenters. The van der Waals surface area contributed by atoms with E-state index in [-0.39, 0.29) is 23.0 Å². The number of hydrogen-bond donors (Lipinski definition) is 1. The summed E-state index contributed by atoms with van der Waals surface area (Å²) in [6, 6.07) is 6.24. The molecule has 3 rings (SSSR count). The number of rotatable bonds is 4. The van der Waals surface area contributed by atoms with Gasteiger partial charge in [-0.2, -0.15) is 0 Å². The number of aliphatic carboxylic acids is 1. The van der Waals surface area contributed by atoms with E-state index in [4.69, 9.17) is 14.4 Å². The van der Waals surface area contributed by atoms with Crippen molar-refractivity contribution in [2.75, 3.05) is 0 Å². The van der Waals surface area contributed by atoms with Crippen LogP contribution in [0.3, 0.4) is 0 Å². The second-order valence-electron chi connectivity index (χ2n) is 7.69. The van der Waals surface area contributed by atoms with E-state index < -0.39 is 13.1 Å². The molecule has 0 unspecified atom stereocenters. The molecule has 1 aliphatic heterocycles. The average Bonchev–Trinajstić information content (AvgIpc) is 3.22. The van der Waals surface area contributed by atoms with Gasteiger partial charge < -0.3 is 14.4 Å². The molecule has 0 radical (unpaired) electrons. The van der Waals surface area contributed by atoms with Crippen molar-refractivity contribution >= 4 is 18.6 Å². The predicted octanol–water partition coefficient (Wildman–Crippen LogP) is 2.74. The highest BCUT2D eigenvalue weighted by Gasteiger charge is 2.52. The third kappa shape index (κ3) is 2.81. The van der Waals surface area contributed by atoms with Crippen LogP contribution >= 0.6 is 0 Å². The molecule has 1 saturated carbocycles. The van der Waals surface area contributed by atoms with E-state index in [0.717, 1.165) is 23.9 Å². The Morgan fingerprint density at radius 3 is 2.35 bits per heavy atom. The van der Waals surface area contributed by atoms with Crippen LogP contribution in [0.5, 0.6) is 0 Å². The molecule has 1 aliphatic carbocycles. The van der Waals surface area contributed by atoms with Gasteiger partial charge in [0.15, 0.2) is 0 Å². The first-order chi connectivity index (χ1) is 10.7. The minimum atomic E-state index is -0.702. The first-order valence-electron chi connectivity index (χ1n) is 8.37. The third-order valence-corrected chi connectivity index (χ3v) is 5.59. The topological polar surface area (TPSA) is 55.8 Å². The van der Waals surface area contributed by atoms with E-state index >= 15 is 0 Å². The normalized spacial score (nSPS) is 28.0. The van der Waals surface area contributed by atoms with Crippen LogP contribution in [-0.4, -0.2) is 29.4 Å². The second-order valence-corrected chi connectivity index (χ2v) is 7.69. The van der Waals surface area contributed by atoms with Crippen molar-refractivity contribution in [3.63, 3.8) is 0 Å². The Balaban J connectivity index is 1.91. The smallest absolute Gasteiger partial charge is 0.481 e. The molecule has 2 fully saturated rings. The zero-order chi connectivity index (χ0) is 17.0. The van der Waals surface area contributed by atoms with Gasteiger partial charge in [0, 0.05) is 0 Å². The van der Waals surface area contributed by atoms with Crippen LogP contribution in [-0.2, 0) is 20.5 Å². The molecular formula is C18H25BO4. The lowest BCUT2D eigenvalue weighted by Gasteiger charge is -2.32. The van der Waals surface area contributed by atoms with Crippen LogP contribution < -0.4 is 5.46 Å². The Hall–Kier alpha value is -1.33. The SMILES string of the molecule is CCc1ccc([C@@H]2C[C@H]2C(=O)O)cc1B1OC(C)(C)C(C)(C)O1. The molecule has 124 valence electrons. The van der Waals surface area contributed by atoms with Gasteiger partial charge in [0.1, 0.15) is 0 Å². The zero-order valence-electron chi connectivity index (χ0n) is 14.6. The summed E-state index contributed by atoms with van der Waals surface area (Å²) in [6.45, 7) is 10.3. The van der Waals surface area contributed by atoms with Crippen LogP contribution in [0.1, 0.15) is 58.1 Å². The Morgan fingerprint density at radius 2 is 1.87 bits per heavy atom. The highest BCUT2D eigenvalue weighted by Crippen LogP contribution is 2.47. The Bertz CT molecular complexity index is 622. The molecule has 4 nitrogen and oxygen atoms in total. The monoisotopic (exact) mass is 316 g/mol. The Labute approximate surface area is 138 Å². The standard InChI is InChI=1S/C18H25BO4/c1-6-11-7-8-12(13-10-14(13)16(20)21)9-15(11)19-22-17(2,3)18(4,5)23-19/h7-9,13-14H,6,10H2,1-5H3,(H,20,21)/t13-,14+/m0/s1. The van der Waals surface area contributed by atoms with Crippen LogP contribution in [0.4, 0.5) is 0 Å². The van der Waals surface area contributed by atoms with Gasteiger partial charge in [0.25, 0.3) is 0 Å². The number of carbonyl (C=O) groups is 1. The molecule has 0 bridgehead atoms. The summed E-state index contributed by atoms with van der Waals surface area (Å²) in [5, 5.41) is 9.15. The van der Waals surface area contributed by atoms with Crippen molar-refractivity contribution in [2.45, 2.75) is 64.6 Å². The van der Waals surface area contributed by atoms with Gasteiger partial charge in [-0.1, -0.05) is 25.1 Å². The summed E-state index contributed by atoms with van der Waals surface area (Å²) in [7, 11) is -0.392. The highest BCUT2D eigenvalue weighted by molar-refractivity contribution is 6.62. The summed E-state index contributed by atoms with van der Waals surface area (Å²) in [5.74, 6) is -0.819. The molecule has 1 heterocycles. The maximum Gasteiger partial charge on any atom is 0.495 e. The largest absolute Gasteiger partial charge is 0.495 e. The van der Waals surface area contributed by atoms with Crippen LogP contribution in [0.15, 0.2) is 18.2 Å². The van der Waals surface area contributed by atoms with E-state index in [9.17, 15) is 4.79 Å². The van der Waals surface area contributed by atoms with Crippen molar-refractivity contribution in [3.8, 4) is 0 Å². The first kappa shape index (κ1) is 16.5. The zero-order valence-corrected chi connectivity index (χ0v) is 14.6. The summed E-state index contributed by atoms with van der Waals surface area (Å²) >= 11 is 0. The van der Waals surface area contributed by atoms with Crippen molar-refractivity contribution in [1.29, 1.82) is 0 Å². The molecule has 0 amide bonds. The fourth-order valence-corrected chi connectivity index (χ4v) is 3.19. The lowest BCUT2D eigenvalue weighted by molar-refractivity contribution is -0.138. The first-order valence-corrected chi connectivity index (χ1v) is 8.37. The maximum atomic E-state index is 11.1. The van der Waals surface area contributed by atoms with Gasteiger partial charge in [-0.3, -0.25) is 4.79 Å². The molecule has 0 spiro atoms. The predicted molar refractivity (Wildman–Crippen MR) is 90.0 cm³/mol. The summed E-state index contributed by atoms with van der Waals surface area (Å²) < 4.78 is 12.4. The van der Waals surface area contributed by atoms with Gasteiger partial charge in [0.05, 0.1) is 17.1 Å². The minimum absolute atomic E-state index is 0.125. The second kappa shape index (κ2) is 5.35.